The summed E-state index contributed by atoms with van der Waals surface area (Å²) in [6.07, 6.45) is 0. The zero-order chi connectivity index (χ0) is 14.4. The molecule has 0 bridgehead atoms. The van der Waals surface area contributed by atoms with Gasteiger partial charge in [0.05, 0.1) is 11.6 Å². The molecule has 0 heterocycles. The van der Waals surface area contributed by atoms with Crippen LogP contribution in [0.1, 0.15) is 18.1 Å². The molecule has 0 radical (unpaired) electrons. The van der Waals surface area contributed by atoms with Crippen LogP contribution >= 0.6 is 11.6 Å². The first-order chi connectivity index (χ1) is 9.72. The van der Waals surface area contributed by atoms with Crippen LogP contribution in [-0.2, 0) is 13.2 Å². The highest BCUT2D eigenvalue weighted by Crippen LogP contribution is 2.30. The standard InChI is InChI=1S/C16H18ClNO2/c1-2-18-10-13-5-8-16(15(17)9-13)20-14-6-3-12(11-19)4-7-14/h3-9,18-19H,2,10-11H2,1H3. The molecule has 0 aliphatic rings. The first kappa shape index (κ1) is 14.9. The number of halogens is 1. The zero-order valence-electron chi connectivity index (χ0n) is 11.4. The molecule has 20 heavy (non-hydrogen) atoms. The molecule has 0 saturated heterocycles. The van der Waals surface area contributed by atoms with Gasteiger partial charge in [0.15, 0.2) is 0 Å². The Labute approximate surface area is 124 Å². The summed E-state index contributed by atoms with van der Waals surface area (Å²) in [5, 5.41) is 12.8. The largest absolute Gasteiger partial charge is 0.456 e. The number of aliphatic hydroxyl groups excluding tert-OH is 1. The lowest BCUT2D eigenvalue weighted by molar-refractivity contribution is 0.281. The first-order valence-electron chi connectivity index (χ1n) is 6.59. The summed E-state index contributed by atoms with van der Waals surface area (Å²) in [5.41, 5.74) is 1.98. The van der Waals surface area contributed by atoms with E-state index < -0.39 is 0 Å². The van der Waals surface area contributed by atoms with Gasteiger partial charge in [0.25, 0.3) is 0 Å². The predicted octanol–water partition coefficient (Wildman–Crippen LogP) is 3.73. The number of hydrogen-bond acceptors (Lipinski definition) is 3. The maximum Gasteiger partial charge on any atom is 0.146 e. The Hall–Kier alpha value is -1.55. The highest BCUT2D eigenvalue weighted by atomic mass is 35.5. The lowest BCUT2D eigenvalue weighted by Gasteiger charge is -2.10. The van der Waals surface area contributed by atoms with Crippen LogP contribution in [0.5, 0.6) is 11.5 Å². The Balaban J connectivity index is 2.08. The van der Waals surface area contributed by atoms with E-state index >= 15 is 0 Å². The van der Waals surface area contributed by atoms with Crippen molar-refractivity contribution in [1.29, 1.82) is 0 Å². The van der Waals surface area contributed by atoms with Crippen molar-refractivity contribution in [3.8, 4) is 11.5 Å². The Morgan fingerprint density at radius 1 is 1.10 bits per heavy atom. The van der Waals surface area contributed by atoms with E-state index in [0.717, 1.165) is 24.2 Å². The lowest BCUT2D eigenvalue weighted by Crippen LogP contribution is -2.11. The van der Waals surface area contributed by atoms with Crippen LogP contribution in [0, 0.1) is 0 Å². The summed E-state index contributed by atoms with van der Waals surface area (Å²) in [5.74, 6) is 1.33. The summed E-state index contributed by atoms with van der Waals surface area (Å²) in [4.78, 5) is 0. The molecule has 0 atom stereocenters. The number of aliphatic hydroxyl groups is 1. The maximum absolute atomic E-state index is 9.00. The highest BCUT2D eigenvalue weighted by molar-refractivity contribution is 6.32. The molecule has 0 unspecified atom stereocenters. The monoisotopic (exact) mass is 291 g/mol. The number of rotatable bonds is 6. The van der Waals surface area contributed by atoms with E-state index in [1.54, 1.807) is 0 Å². The minimum Gasteiger partial charge on any atom is -0.456 e. The van der Waals surface area contributed by atoms with E-state index in [-0.39, 0.29) is 6.61 Å². The number of benzene rings is 2. The lowest BCUT2D eigenvalue weighted by atomic mass is 10.2. The van der Waals surface area contributed by atoms with Crippen LogP contribution in [0.4, 0.5) is 0 Å². The maximum atomic E-state index is 9.00. The summed E-state index contributed by atoms with van der Waals surface area (Å²) >= 11 is 6.22. The molecule has 0 fully saturated rings. The molecule has 0 spiro atoms. The quantitative estimate of drug-likeness (QED) is 0.852. The van der Waals surface area contributed by atoms with Crippen LogP contribution < -0.4 is 10.1 Å². The normalized spacial score (nSPS) is 10.6. The minimum absolute atomic E-state index is 0.0279. The van der Waals surface area contributed by atoms with Gasteiger partial charge in [-0.1, -0.05) is 36.7 Å². The second-order valence-corrected chi connectivity index (χ2v) is 4.86. The third-order valence-corrected chi connectivity index (χ3v) is 3.20. The smallest absolute Gasteiger partial charge is 0.146 e. The van der Waals surface area contributed by atoms with E-state index in [1.165, 1.54) is 0 Å². The van der Waals surface area contributed by atoms with Gasteiger partial charge in [-0.05, 0) is 41.9 Å². The molecule has 2 aromatic carbocycles. The number of nitrogens with one attached hydrogen (secondary N) is 1. The summed E-state index contributed by atoms with van der Waals surface area (Å²) in [6.45, 7) is 3.81. The molecule has 2 rings (SSSR count). The topological polar surface area (TPSA) is 41.5 Å². The molecule has 0 aromatic heterocycles. The molecule has 0 amide bonds. The molecule has 4 heteroatoms. The van der Waals surface area contributed by atoms with Crippen molar-refractivity contribution in [2.24, 2.45) is 0 Å². The fourth-order valence-corrected chi connectivity index (χ4v) is 2.04. The van der Waals surface area contributed by atoms with E-state index in [0.29, 0.717) is 16.5 Å². The summed E-state index contributed by atoms with van der Waals surface area (Å²) in [7, 11) is 0. The van der Waals surface area contributed by atoms with Crippen molar-refractivity contribution >= 4 is 11.6 Å². The van der Waals surface area contributed by atoms with Gasteiger partial charge in [-0.15, -0.1) is 0 Å². The Morgan fingerprint density at radius 3 is 2.40 bits per heavy atom. The van der Waals surface area contributed by atoms with Crippen molar-refractivity contribution in [3.05, 3.63) is 58.6 Å². The number of hydrogen-bond donors (Lipinski definition) is 2. The molecule has 106 valence electrons. The van der Waals surface area contributed by atoms with Crippen molar-refractivity contribution in [1.82, 2.24) is 5.32 Å². The summed E-state index contributed by atoms with van der Waals surface area (Å²) in [6, 6.07) is 13.0. The minimum atomic E-state index is 0.0279. The van der Waals surface area contributed by atoms with Crippen LogP contribution in [0.15, 0.2) is 42.5 Å². The summed E-state index contributed by atoms with van der Waals surface area (Å²) < 4.78 is 5.73. The van der Waals surface area contributed by atoms with Gasteiger partial charge in [0.2, 0.25) is 0 Å². The third-order valence-electron chi connectivity index (χ3n) is 2.91. The predicted molar refractivity (Wildman–Crippen MR) is 81.3 cm³/mol. The Bertz CT molecular complexity index is 555. The molecule has 2 N–H and O–H groups in total. The highest BCUT2D eigenvalue weighted by Gasteiger charge is 2.04. The van der Waals surface area contributed by atoms with E-state index in [1.807, 2.05) is 42.5 Å². The van der Waals surface area contributed by atoms with Crippen LogP contribution in [0.3, 0.4) is 0 Å². The van der Waals surface area contributed by atoms with Gasteiger partial charge in [0.1, 0.15) is 11.5 Å². The van der Waals surface area contributed by atoms with Gasteiger partial charge in [-0.2, -0.15) is 0 Å². The van der Waals surface area contributed by atoms with E-state index in [2.05, 4.69) is 12.2 Å². The molecule has 0 aliphatic carbocycles. The van der Waals surface area contributed by atoms with Crippen molar-refractivity contribution in [2.45, 2.75) is 20.1 Å². The molecule has 0 saturated carbocycles. The van der Waals surface area contributed by atoms with E-state index in [4.69, 9.17) is 21.4 Å². The van der Waals surface area contributed by atoms with Crippen molar-refractivity contribution in [2.75, 3.05) is 6.54 Å². The van der Waals surface area contributed by atoms with E-state index in [9.17, 15) is 0 Å². The fraction of sp³-hybridized carbons (Fsp3) is 0.250. The zero-order valence-corrected chi connectivity index (χ0v) is 12.2. The fourth-order valence-electron chi connectivity index (χ4n) is 1.80. The van der Waals surface area contributed by atoms with Gasteiger partial charge in [-0.25, -0.2) is 0 Å². The number of ether oxygens (including phenoxy) is 1. The Kier molecular flexibility index (Phi) is 5.41. The first-order valence-corrected chi connectivity index (χ1v) is 6.97. The molecule has 0 aliphatic heterocycles. The third kappa shape index (κ3) is 3.97. The van der Waals surface area contributed by atoms with Crippen molar-refractivity contribution in [3.63, 3.8) is 0 Å². The van der Waals surface area contributed by atoms with Crippen LogP contribution in [0.2, 0.25) is 5.02 Å². The van der Waals surface area contributed by atoms with Gasteiger partial charge in [0, 0.05) is 6.54 Å². The SMILES string of the molecule is CCNCc1ccc(Oc2ccc(CO)cc2)c(Cl)c1. The average Bonchev–Trinajstić information content (AvgIpc) is 2.48. The molecule has 3 nitrogen and oxygen atoms in total. The van der Waals surface area contributed by atoms with Crippen molar-refractivity contribution < 1.29 is 9.84 Å². The molecule has 2 aromatic rings. The molecular weight excluding hydrogens is 274 g/mol. The second-order valence-electron chi connectivity index (χ2n) is 4.45. The van der Waals surface area contributed by atoms with Crippen LogP contribution in [-0.4, -0.2) is 11.7 Å². The van der Waals surface area contributed by atoms with Gasteiger partial charge < -0.3 is 15.2 Å². The Morgan fingerprint density at radius 2 is 1.80 bits per heavy atom. The van der Waals surface area contributed by atoms with Crippen LogP contribution in [0.25, 0.3) is 0 Å². The molecular formula is C16H18ClNO2. The average molecular weight is 292 g/mol. The second kappa shape index (κ2) is 7.29. The van der Waals surface area contributed by atoms with Gasteiger partial charge >= 0.3 is 0 Å². The van der Waals surface area contributed by atoms with Gasteiger partial charge in [-0.3, -0.25) is 0 Å².